The fourth-order valence-corrected chi connectivity index (χ4v) is 5.82. The molecule has 3 aliphatic heterocycles. The molecule has 51 heavy (non-hydrogen) atoms. The summed E-state index contributed by atoms with van der Waals surface area (Å²) in [5, 5.41) is 23.1. The van der Waals surface area contributed by atoms with E-state index in [2.05, 4.69) is 0 Å². The lowest BCUT2D eigenvalue weighted by Gasteiger charge is -2.49. The van der Waals surface area contributed by atoms with Crippen LogP contribution in [0.4, 0.5) is 5.69 Å². The Labute approximate surface area is 290 Å². The van der Waals surface area contributed by atoms with Gasteiger partial charge in [0.25, 0.3) is 5.69 Å². The van der Waals surface area contributed by atoms with Crippen LogP contribution in [-0.4, -0.2) is 109 Å². The zero-order chi connectivity index (χ0) is 36.8. The molecule has 3 saturated heterocycles. The summed E-state index contributed by atoms with van der Waals surface area (Å²) in [7, 11) is 0. The van der Waals surface area contributed by atoms with Crippen LogP contribution in [0.15, 0.2) is 54.6 Å². The maximum atomic E-state index is 12.4. The second-order valence-corrected chi connectivity index (χ2v) is 11.7. The third-order valence-electron chi connectivity index (χ3n) is 7.92. The van der Waals surface area contributed by atoms with Gasteiger partial charge in [-0.2, -0.15) is 0 Å². The minimum Gasteiger partial charge on any atom is -0.463 e. The van der Waals surface area contributed by atoms with Crippen molar-refractivity contribution in [1.82, 2.24) is 0 Å². The van der Waals surface area contributed by atoms with Crippen molar-refractivity contribution in [1.29, 1.82) is 0 Å². The van der Waals surface area contributed by atoms with Gasteiger partial charge in [0.2, 0.25) is 6.29 Å². The SMILES string of the molecule is CC(=O)OC[C@H]1O[C@@H](O[C@H]2[C@H](Oc3ccc([N+](=O)[O-])cc3)O[C@@H]3CO[C@H](c4ccccc4)O[C@H]3[C@@H]2O)[C@H](OC(C)=O)[C@@H](OC(C)=O)[C@@H]1OC(C)=O. The number of esters is 4. The highest BCUT2D eigenvalue weighted by Gasteiger charge is 2.57. The lowest BCUT2D eigenvalue weighted by molar-refractivity contribution is -0.385. The summed E-state index contributed by atoms with van der Waals surface area (Å²) < 4.78 is 58.2. The Kier molecular flexibility index (Phi) is 12.2. The number of aliphatic hydroxyl groups excluding tert-OH is 1. The van der Waals surface area contributed by atoms with E-state index in [0.717, 1.165) is 27.7 Å². The Hall–Kier alpha value is -4.72. The molecule has 0 aliphatic carbocycles. The first-order chi connectivity index (χ1) is 24.3. The lowest BCUT2D eigenvalue weighted by Crippen LogP contribution is -2.67. The van der Waals surface area contributed by atoms with E-state index in [0.29, 0.717) is 5.56 Å². The van der Waals surface area contributed by atoms with Crippen LogP contribution in [0.25, 0.3) is 0 Å². The molecular formula is C33H37NO17. The Morgan fingerprint density at radius 2 is 1.41 bits per heavy atom. The van der Waals surface area contributed by atoms with Crippen LogP contribution in [-0.2, 0) is 61.8 Å². The molecule has 3 aliphatic rings. The van der Waals surface area contributed by atoms with Gasteiger partial charge in [-0.3, -0.25) is 29.3 Å². The minimum absolute atomic E-state index is 0.0484. The normalized spacial score (nSPS) is 31.7. The molecule has 276 valence electrons. The molecule has 3 heterocycles. The third kappa shape index (κ3) is 9.34. The maximum Gasteiger partial charge on any atom is 0.303 e. The van der Waals surface area contributed by atoms with Crippen LogP contribution in [0.5, 0.6) is 5.75 Å². The summed E-state index contributed by atoms with van der Waals surface area (Å²) in [5.41, 5.74) is 0.447. The summed E-state index contributed by atoms with van der Waals surface area (Å²) in [5.74, 6) is -3.17. The molecule has 1 N–H and O–H groups in total. The highest BCUT2D eigenvalue weighted by Crippen LogP contribution is 2.38. The van der Waals surface area contributed by atoms with E-state index in [9.17, 15) is 34.4 Å². The molecule has 3 fully saturated rings. The zero-order valence-electron chi connectivity index (χ0n) is 27.9. The highest BCUT2D eigenvalue weighted by atomic mass is 16.8. The lowest BCUT2D eigenvalue weighted by atomic mass is 9.96. The number of nitrogens with zero attached hydrogens (tertiary/aromatic N) is 1. The highest BCUT2D eigenvalue weighted by molar-refractivity contribution is 5.68. The van der Waals surface area contributed by atoms with Crippen LogP contribution in [0, 0.1) is 10.1 Å². The van der Waals surface area contributed by atoms with Gasteiger partial charge < -0.3 is 52.5 Å². The first-order valence-corrected chi connectivity index (χ1v) is 15.8. The number of benzene rings is 2. The number of hydrogen-bond acceptors (Lipinski definition) is 17. The van der Waals surface area contributed by atoms with E-state index >= 15 is 0 Å². The molecule has 2 aromatic carbocycles. The largest absolute Gasteiger partial charge is 0.463 e. The second kappa shape index (κ2) is 16.5. The van der Waals surface area contributed by atoms with E-state index in [1.165, 1.54) is 24.3 Å². The molecule has 0 unspecified atom stereocenters. The van der Waals surface area contributed by atoms with Gasteiger partial charge in [0.1, 0.15) is 36.8 Å². The number of carbonyl (C=O) groups excluding carboxylic acids is 4. The monoisotopic (exact) mass is 719 g/mol. The van der Waals surface area contributed by atoms with Crippen LogP contribution in [0.1, 0.15) is 39.5 Å². The van der Waals surface area contributed by atoms with Crippen molar-refractivity contribution in [2.75, 3.05) is 13.2 Å². The predicted octanol–water partition coefficient (Wildman–Crippen LogP) is 1.64. The molecule has 0 radical (unpaired) electrons. The van der Waals surface area contributed by atoms with Gasteiger partial charge in [-0.1, -0.05) is 30.3 Å². The Morgan fingerprint density at radius 1 is 0.784 bits per heavy atom. The summed E-state index contributed by atoms with van der Waals surface area (Å²) >= 11 is 0. The minimum atomic E-state index is -1.71. The van der Waals surface area contributed by atoms with Crippen molar-refractivity contribution >= 4 is 29.6 Å². The second-order valence-electron chi connectivity index (χ2n) is 11.7. The Bertz CT molecular complexity index is 1550. The van der Waals surface area contributed by atoms with Gasteiger partial charge in [-0.15, -0.1) is 0 Å². The molecule has 0 aromatic heterocycles. The average molecular weight is 720 g/mol. The number of hydrogen-bond donors (Lipinski definition) is 1. The van der Waals surface area contributed by atoms with E-state index in [1.807, 2.05) is 6.07 Å². The van der Waals surface area contributed by atoms with Gasteiger partial charge in [-0.05, 0) is 12.1 Å². The molecule has 18 nitrogen and oxygen atoms in total. The smallest absolute Gasteiger partial charge is 0.303 e. The summed E-state index contributed by atoms with van der Waals surface area (Å²) in [4.78, 5) is 59.2. The first kappa shape index (κ1) is 37.5. The number of rotatable bonds is 11. The molecule has 5 rings (SSSR count). The average Bonchev–Trinajstić information content (AvgIpc) is 3.08. The summed E-state index contributed by atoms with van der Waals surface area (Å²) in [6, 6.07) is 13.9. The van der Waals surface area contributed by atoms with Crippen molar-refractivity contribution < 1.29 is 76.6 Å². The molecule has 0 saturated carbocycles. The van der Waals surface area contributed by atoms with Gasteiger partial charge in [0.05, 0.1) is 11.5 Å². The maximum absolute atomic E-state index is 12.4. The van der Waals surface area contributed by atoms with E-state index in [-0.39, 0.29) is 18.0 Å². The summed E-state index contributed by atoms with van der Waals surface area (Å²) in [6.45, 7) is 3.78. The number of nitro benzene ring substituents is 1. The number of aliphatic hydroxyl groups is 1. The number of carbonyl (C=O) groups is 4. The van der Waals surface area contributed by atoms with Crippen LogP contribution in [0.2, 0.25) is 0 Å². The molecule has 0 bridgehead atoms. The van der Waals surface area contributed by atoms with E-state index < -0.39 is 103 Å². The number of nitro groups is 1. The fourth-order valence-electron chi connectivity index (χ4n) is 5.82. The van der Waals surface area contributed by atoms with Crippen LogP contribution < -0.4 is 4.74 Å². The van der Waals surface area contributed by atoms with Crippen LogP contribution >= 0.6 is 0 Å². The Balaban J connectivity index is 1.50. The Morgan fingerprint density at radius 3 is 2.02 bits per heavy atom. The number of ether oxygens (including phenoxy) is 10. The molecule has 11 atom stereocenters. The summed E-state index contributed by atoms with van der Waals surface area (Å²) in [6.07, 6.45) is -15.1. The molecule has 0 amide bonds. The quantitative estimate of drug-likeness (QED) is 0.151. The number of fused-ring (bicyclic) bond motifs is 1. The van der Waals surface area contributed by atoms with E-state index in [1.54, 1.807) is 24.3 Å². The van der Waals surface area contributed by atoms with Gasteiger partial charge in [0, 0.05) is 45.4 Å². The van der Waals surface area contributed by atoms with Crippen molar-refractivity contribution in [3.05, 3.63) is 70.3 Å². The van der Waals surface area contributed by atoms with Crippen molar-refractivity contribution in [2.24, 2.45) is 0 Å². The molecular weight excluding hydrogens is 682 g/mol. The van der Waals surface area contributed by atoms with Crippen molar-refractivity contribution in [2.45, 2.75) is 95.4 Å². The topological polar surface area (TPSA) is 224 Å². The third-order valence-corrected chi connectivity index (χ3v) is 7.92. The van der Waals surface area contributed by atoms with E-state index in [4.69, 9.17) is 47.4 Å². The number of non-ortho nitro benzene ring substituents is 1. The van der Waals surface area contributed by atoms with Gasteiger partial charge >= 0.3 is 23.9 Å². The standard InChI is InChI=1S/C33H37NO17/c1-16(35)42-14-24-27(44-17(2)36)29(45-18(3)37)30(46-19(4)38)33(49-24)51-28-25(39)26-23(15-43-31(50-26)20-8-6-5-7-9-20)48-32(28)47-22-12-10-21(11-13-22)34(40)41/h5-13,23-33,39H,14-15H2,1-4H3/t23-,24-,25+,26-,27-,28-,29+,30-,31+,32-,33+/m1/s1. The zero-order valence-corrected chi connectivity index (χ0v) is 27.9. The molecule has 18 heteroatoms. The van der Waals surface area contributed by atoms with Gasteiger partial charge in [0.15, 0.2) is 37.0 Å². The molecule has 0 spiro atoms. The van der Waals surface area contributed by atoms with Crippen molar-refractivity contribution in [3.63, 3.8) is 0 Å². The van der Waals surface area contributed by atoms with Crippen LogP contribution in [0.3, 0.4) is 0 Å². The first-order valence-electron chi connectivity index (χ1n) is 15.8. The predicted molar refractivity (Wildman–Crippen MR) is 165 cm³/mol. The van der Waals surface area contributed by atoms with Crippen molar-refractivity contribution in [3.8, 4) is 5.75 Å². The fraction of sp³-hybridized carbons (Fsp3) is 0.515. The van der Waals surface area contributed by atoms with Gasteiger partial charge in [-0.25, -0.2) is 0 Å². The molecule has 2 aromatic rings.